The van der Waals surface area contributed by atoms with E-state index >= 15 is 0 Å². The van der Waals surface area contributed by atoms with E-state index in [4.69, 9.17) is 38.0 Å². The summed E-state index contributed by atoms with van der Waals surface area (Å²) >= 11 is 0. The van der Waals surface area contributed by atoms with Crippen molar-refractivity contribution in [3.8, 4) is 18.2 Å². The van der Waals surface area contributed by atoms with Gasteiger partial charge in [0, 0.05) is 48.1 Å². The summed E-state index contributed by atoms with van der Waals surface area (Å²) in [6.07, 6.45) is -1.86. The van der Waals surface area contributed by atoms with Crippen LogP contribution in [0.2, 0.25) is 0 Å². The highest BCUT2D eigenvalue weighted by molar-refractivity contribution is 5.78. The quantitative estimate of drug-likeness (QED) is 0.130. The van der Waals surface area contributed by atoms with E-state index < -0.39 is 23.9 Å². The normalized spacial score (nSPS) is 12.1. The predicted octanol–water partition coefficient (Wildman–Crippen LogP) is 7.97. The molecule has 0 aliphatic heterocycles. The molecule has 12 heteroatoms. The van der Waals surface area contributed by atoms with Crippen LogP contribution < -0.4 is 16.9 Å². The molecule has 0 saturated heterocycles. The second-order valence-corrected chi connectivity index (χ2v) is 11.7. The minimum absolute atomic E-state index is 0.362. The van der Waals surface area contributed by atoms with Crippen LogP contribution in [0.25, 0.3) is 32.9 Å². The maximum Gasteiger partial charge on any atom is 0.336 e. The van der Waals surface area contributed by atoms with Gasteiger partial charge in [-0.05, 0) is 83.8 Å². The summed E-state index contributed by atoms with van der Waals surface area (Å²) in [5, 5.41) is 29.5. The van der Waals surface area contributed by atoms with Crippen molar-refractivity contribution < 1.29 is 27.5 Å². The molecule has 0 N–H and O–H groups in total. The van der Waals surface area contributed by atoms with Gasteiger partial charge in [-0.2, -0.15) is 15.8 Å². The molecule has 0 amide bonds. The number of nitriles is 3. The lowest BCUT2D eigenvalue weighted by molar-refractivity contribution is 0.0768. The maximum atomic E-state index is 11.2. The molecule has 3 aromatic heterocycles. The summed E-state index contributed by atoms with van der Waals surface area (Å²) in [7, 11) is 1.48. The average Bonchev–Trinajstić information content (AvgIpc) is 3.21. The molecule has 0 radical (unpaired) electrons. The van der Waals surface area contributed by atoms with Gasteiger partial charge in [-0.1, -0.05) is 48.5 Å². The zero-order valence-electron chi connectivity index (χ0n) is 29.7. The third-order valence-electron chi connectivity index (χ3n) is 8.02. The molecule has 3 heterocycles. The molecule has 3 atom stereocenters. The Balaban J connectivity index is 0.000000161. The van der Waals surface area contributed by atoms with Crippen molar-refractivity contribution in [2.75, 3.05) is 13.7 Å². The van der Waals surface area contributed by atoms with Gasteiger partial charge in [-0.15, -0.1) is 0 Å². The second kappa shape index (κ2) is 19.1. The highest BCUT2D eigenvalue weighted by Gasteiger charge is 2.13. The van der Waals surface area contributed by atoms with Crippen molar-refractivity contribution in [3.63, 3.8) is 0 Å². The van der Waals surface area contributed by atoms with E-state index in [1.165, 1.54) is 25.3 Å². The first-order chi connectivity index (χ1) is 26.7. The Bertz CT molecular complexity index is 2700. The second-order valence-electron chi connectivity index (χ2n) is 11.7. The summed E-state index contributed by atoms with van der Waals surface area (Å²) in [5.41, 5.74) is 3.60. The van der Waals surface area contributed by atoms with Gasteiger partial charge >= 0.3 is 16.9 Å². The Kier molecular flexibility index (Phi) is 13.6. The first-order valence-electron chi connectivity index (χ1n) is 16.9. The van der Waals surface area contributed by atoms with Gasteiger partial charge in [0.25, 0.3) is 0 Å². The average molecular weight is 736 g/mol. The Morgan fingerprint density at radius 2 is 0.927 bits per heavy atom. The van der Waals surface area contributed by atoms with Crippen molar-refractivity contribution in [3.05, 3.63) is 175 Å². The fraction of sp³-hybridized carbons (Fsp3) is 0.163. The van der Waals surface area contributed by atoms with Gasteiger partial charge in [0.05, 0.1) is 24.8 Å². The van der Waals surface area contributed by atoms with Crippen LogP contribution in [-0.4, -0.2) is 13.7 Å². The lowest BCUT2D eigenvalue weighted by Crippen LogP contribution is -2.03. The van der Waals surface area contributed by atoms with Gasteiger partial charge < -0.3 is 27.5 Å². The van der Waals surface area contributed by atoms with E-state index in [-0.39, 0.29) is 11.3 Å². The topological polar surface area (TPSA) is 190 Å². The summed E-state index contributed by atoms with van der Waals surface area (Å²) < 4.78 is 31.1. The first kappa shape index (κ1) is 39.1. The van der Waals surface area contributed by atoms with Crippen LogP contribution in [0.5, 0.6) is 0 Å². The number of rotatable bonds is 9. The monoisotopic (exact) mass is 735 g/mol. The zero-order valence-corrected chi connectivity index (χ0v) is 29.7. The molecular formula is C43H33N3O9. The largest absolute Gasteiger partial charge is 0.423 e. The Morgan fingerprint density at radius 1 is 0.527 bits per heavy atom. The van der Waals surface area contributed by atoms with E-state index in [1.54, 1.807) is 72.8 Å². The number of fused-ring (bicyclic) bond motifs is 3. The molecule has 0 saturated carbocycles. The van der Waals surface area contributed by atoms with Gasteiger partial charge in [0.2, 0.25) is 0 Å². The number of hydrogen-bond acceptors (Lipinski definition) is 12. The lowest BCUT2D eigenvalue weighted by Gasteiger charge is -2.11. The standard InChI is InChI=1S/C18H13NO3.C13H11NO3.C12H9NO3/c19-11-17(21-12-13-4-2-1-3-5-13)15-6-8-16-14(10-15)7-9-18(20)22-16;1-2-16-12(8-14)10-3-5-11-9(7-10)4-6-13(15)17-11;1-15-11(7-13)9-2-4-10-8(6-9)3-5-12(14)16-10/h1-10,17H,12H2;3-7,12H,2H2,1H3;2-6,11H,1H3. The van der Waals surface area contributed by atoms with E-state index in [0.29, 0.717) is 30.0 Å². The summed E-state index contributed by atoms with van der Waals surface area (Å²) in [6.45, 7) is 2.67. The van der Waals surface area contributed by atoms with Crippen molar-refractivity contribution in [2.24, 2.45) is 0 Å². The van der Waals surface area contributed by atoms with Gasteiger partial charge in [-0.25, -0.2) is 14.4 Å². The van der Waals surface area contributed by atoms with E-state index in [1.807, 2.05) is 43.3 Å². The summed E-state index contributed by atoms with van der Waals surface area (Å²) in [4.78, 5) is 33.2. The number of methoxy groups -OCH3 is 1. The number of ether oxygens (including phenoxy) is 3. The minimum atomic E-state index is -0.670. The fourth-order valence-corrected chi connectivity index (χ4v) is 5.36. The highest BCUT2D eigenvalue weighted by Crippen LogP contribution is 2.24. The van der Waals surface area contributed by atoms with Crippen LogP contribution in [0.1, 0.15) is 47.5 Å². The lowest BCUT2D eigenvalue weighted by atomic mass is 10.1. The summed E-state index contributed by atoms with van der Waals surface area (Å²) in [6, 6.07) is 40.6. The molecule has 12 nitrogen and oxygen atoms in total. The predicted molar refractivity (Wildman–Crippen MR) is 202 cm³/mol. The fourth-order valence-electron chi connectivity index (χ4n) is 5.36. The molecule has 0 bridgehead atoms. The van der Waals surface area contributed by atoms with Crippen molar-refractivity contribution in [1.82, 2.24) is 0 Å². The first-order valence-corrected chi connectivity index (χ1v) is 16.9. The van der Waals surface area contributed by atoms with Crippen molar-refractivity contribution in [1.29, 1.82) is 15.8 Å². The highest BCUT2D eigenvalue weighted by atomic mass is 16.5. The minimum Gasteiger partial charge on any atom is -0.423 e. The molecular weight excluding hydrogens is 702 g/mol. The van der Waals surface area contributed by atoms with Crippen LogP contribution in [0.3, 0.4) is 0 Å². The van der Waals surface area contributed by atoms with Gasteiger partial charge in [0.1, 0.15) is 16.7 Å². The number of hydrogen-bond donors (Lipinski definition) is 0. The van der Waals surface area contributed by atoms with E-state index in [9.17, 15) is 19.6 Å². The SMILES string of the molecule is CCOC(C#N)c1ccc2oc(=O)ccc2c1.COC(C#N)c1ccc2oc(=O)ccc2c1.N#CC(OCc1ccccc1)c1ccc2oc(=O)ccc2c1. The Labute approximate surface area is 314 Å². The van der Waals surface area contributed by atoms with Crippen LogP contribution in [-0.2, 0) is 20.8 Å². The third kappa shape index (κ3) is 10.5. The third-order valence-corrected chi connectivity index (χ3v) is 8.02. The van der Waals surface area contributed by atoms with E-state index in [2.05, 4.69) is 12.1 Å². The molecule has 0 spiro atoms. The number of benzene rings is 4. The van der Waals surface area contributed by atoms with Crippen LogP contribution >= 0.6 is 0 Å². The van der Waals surface area contributed by atoms with Crippen LogP contribution in [0, 0.1) is 34.0 Å². The number of nitrogens with zero attached hydrogens (tertiary/aromatic N) is 3. The van der Waals surface area contributed by atoms with Crippen molar-refractivity contribution in [2.45, 2.75) is 31.8 Å². The molecule has 7 rings (SSSR count). The Hall–Kier alpha value is -7.14. The molecule has 0 fully saturated rings. The molecule has 7 aromatic rings. The van der Waals surface area contributed by atoms with Gasteiger partial charge in [-0.3, -0.25) is 0 Å². The molecule has 0 aliphatic carbocycles. The summed E-state index contributed by atoms with van der Waals surface area (Å²) in [5.74, 6) is 0. The van der Waals surface area contributed by atoms with E-state index in [0.717, 1.165) is 38.4 Å². The molecule has 274 valence electrons. The van der Waals surface area contributed by atoms with Crippen LogP contribution in [0.4, 0.5) is 0 Å². The molecule has 55 heavy (non-hydrogen) atoms. The smallest absolute Gasteiger partial charge is 0.336 e. The van der Waals surface area contributed by atoms with Gasteiger partial charge in [0.15, 0.2) is 18.3 Å². The molecule has 3 unspecified atom stereocenters. The Morgan fingerprint density at radius 3 is 1.31 bits per heavy atom. The van der Waals surface area contributed by atoms with Crippen LogP contribution in [0.15, 0.2) is 149 Å². The van der Waals surface area contributed by atoms with Crippen molar-refractivity contribution >= 4 is 32.9 Å². The molecule has 4 aromatic carbocycles. The molecule has 0 aliphatic rings. The zero-order chi connectivity index (χ0) is 39.2. The maximum absolute atomic E-state index is 11.2.